The molecule has 2 amide bonds. The molecule has 1 aliphatic heterocycles. The van der Waals surface area contributed by atoms with E-state index in [0.717, 1.165) is 0 Å². The molecule has 0 aromatic heterocycles. The average molecular weight is 370 g/mol. The van der Waals surface area contributed by atoms with Crippen molar-refractivity contribution in [3.05, 3.63) is 35.6 Å². The van der Waals surface area contributed by atoms with Gasteiger partial charge in [-0.15, -0.1) is 0 Å². The first-order valence-electron chi connectivity index (χ1n) is 8.14. The molecule has 1 aromatic rings. The Bertz CT molecular complexity index is 746. The molecule has 0 spiro atoms. The van der Waals surface area contributed by atoms with E-state index in [9.17, 15) is 22.4 Å². The van der Waals surface area contributed by atoms with Gasteiger partial charge in [-0.05, 0) is 36.6 Å². The Balaban J connectivity index is 2.10. The molecule has 1 fully saturated rings. The number of carbonyl (C=O) groups excluding carboxylic acids is 2. The first-order valence-corrected chi connectivity index (χ1v) is 9.96. The van der Waals surface area contributed by atoms with E-state index in [4.69, 9.17) is 0 Å². The van der Waals surface area contributed by atoms with Gasteiger partial charge in [0.25, 0.3) is 5.91 Å². The van der Waals surface area contributed by atoms with Crippen molar-refractivity contribution < 1.29 is 22.4 Å². The van der Waals surface area contributed by atoms with Crippen molar-refractivity contribution in [3.63, 3.8) is 0 Å². The van der Waals surface area contributed by atoms with Crippen LogP contribution in [-0.2, 0) is 14.6 Å². The molecular formula is C17H23FN2O4S. The topological polar surface area (TPSA) is 83.6 Å². The fourth-order valence-electron chi connectivity index (χ4n) is 2.82. The van der Waals surface area contributed by atoms with E-state index in [0.29, 0.717) is 6.42 Å². The maximum absolute atomic E-state index is 13.0. The van der Waals surface area contributed by atoms with E-state index >= 15 is 0 Å². The number of hydrogen-bond donors (Lipinski definition) is 1. The molecule has 1 heterocycles. The van der Waals surface area contributed by atoms with Gasteiger partial charge < -0.3 is 10.2 Å². The number of carbonyl (C=O) groups is 2. The first-order chi connectivity index (χ1) is 11.6. The third kappa shape index (κ3) is 4.78. The van der Waals surface area contributed by atoms with Crippen molar-refractivity contribution in [1.82, 2.24) is 10.2 Å². The minimum atomic E-state index is -3.11. The van der Waals surface area contributed by atoms with Gasteiger partial charge in [-0.25, -0.2) is 12.8 Å². The number of nitrogens with zero attached hydrogens (tertiary/aromatic N) is 1. The zero-order chi connectivity index (χ0) is 18.8. The average Bonchev–Trinajstić information content (AvgIpc) is 2.91. The van der Waals surface area contributed by atoms with Gasteiger partial charge in [0.05, 0.1) is 11.5 Å². The zero-order valence-electron chi connectivity index (χ0n) is 14.5. The van der Waals surface area contributed by atoms with Crippen LogP contribution >= 0.6 is 0 Å². The van der Waals surface area contributed by atoms with Gasteiger partial charge in [-0.2, -0.15) is 0 Å². The van der Waals surface area contributed by atoms with Crippen LogP contribution in [0.4, 0.5) is 4.39 Å². The molecule has 6 nitrogen and oxygen atoms in total. The summed E-state index contributed by atoms with van der Waals surface area (Å²) < 4.78 is 36.2. The highest BCUT2D eigenvalue weighted by Gasteiger charge is 2.36. The Kier molecular flexibility index (Phi) is 5.82. The summed E-state index contributed by atoms with van der Waals surface area (Å²) >= 11 is 0. The Morgan fingerprint density at radius 1 is 1.24 bits per heavy atom. The Hall–Kier alpha value is -1.96. The number of amides is 2. The van der Waals surface area contributed by atoms with Crippen LogP contribution in [0.2, 0.25) is 0 Å². The SMILES string of the molecule is CC(C)C(NC(=O)c1ccc(F)cc1)C(=O)N(C)C1CCS(=O)(=O)C1. The van der Waals surface area contributed by atoms with E-state index in [1.165, 1.54) is 29.2 Å². The van der Waals surface area contributed by atoms with Crippen LogP contribution in [0.3, 0.4) is 0 Å². The van der Waals surface area contributed by atoms with E-state index in [1.807, 2.05) is 0 Å². The summed E-state index contributed by atoms with van der Waals surface area (Å²) in [6.07, 6.45) is 0.404. The molecule has 0 radical (unpaired) electrons. The van der Waals surface area contributed by atoms with Crippen LogP contribution in [0.5, 0.6) is 0 Å². The molecule has 8 heteroatoms. The fraction of sp³-hybridized carbons (Fsp3) is 0.529. The molecule has 0 bridgehead atoms. The Morgan fingerprint density at radius 3 is 2.32 bits per heavy atom. The van der Waals surface area contributed by atoms with Crippen LogP contribution in [0.25, 0.3) is 0 Å². The molecule has 138 valence electrons. The van der Waals surface area contributed by atoms with Gasteiger partial charge in [-0.1, -0.05) is 13.8 Å². The van der Waals surface area contributed by atoms with E-state index < -0.39 is 27.6 Å². The summed E-state index contributed by atoms with van der Waals surface area (Å²) in [4.78, 5) is 26.5. The van der Waals surface area contributed by atoms with E-state index in [-0.39, 0.29) is 34.9 Å². The second kappa shape index (κ2) is 7.51. The summed E-state index contributed by atoms with van der Waals surface area (Å²) in [7, 11) is -1.54. The van der Waals surface area contributed by atoms with Crippen molar-refractivity contribution in [3.8, 4) is 0 Å². The molecule has 1 N–H and O–H groups in total. The van der Waals surface area contributed by atoms with Crippen LogP contribution in [0.15, 0.2) is 24.3 Å². The third-order valence-corrected chi connectivity index (χ3v) is 6.18. The van der Waals surface area contributed by atoms with Crippen LogP contribution in [0, 0.1) is 11.7 Å². The summed E-state index contributed by atoms with van der Waals surface area (Å²) in [6.45, 7) is 3.60. The summed E-state index contributed by atoms with van der Waals surface area (Å²) in [5, 5.41) is 2.68. The van der Waals surface area contributed by atoms with Crippen molar-refractivity contribution in [2.45, 2.75) is 32.4 Å². The largest absolute Gasteiger partial charge is 0.340 e. The van der Waals surface area contributed by atoms with E-state index in [2.05, 4.69) is 5.32 Å². The maximum Gasteiger partial charge on any atom is 0.251 e. The third-order valence-electron chi connectivity index (χ3n) is 4.43. The lowest BCUT2D eigenvalue weighted by Gasteiger charge is -2.30. The van der Waals surface area contributed by atoms with Crippen molar-refractivity contribution in [1.29, 1.82) is 0 Å². The molecule has 0 saturated carbocycles. The van der Waals surface area contributed by atoms with Crippen LogP contribution < -0.4 is 5.32 Å². The van der Waals surface area contributed by atoms with Gasteiger partial charge in [-0.3, -0.25) is 9.59 Å². The predicted molar refractivity (Wildman–Crippen MR) is 92.3 cm³/mol. The highest BCUT2D eigenvalue weighted by molar-refractivity contribution is 7.91. The number of nitrogens with one attached hydrogen (secondary N) is 1. The zero-order valence-corrected chi connectivity index (χ0v) is 15.3. The minimum Gasteiger partial charge on any atom is -0.340 e. The second-order valence-electron chi connectivity index (χ2n) is 6.71. The molecule has 25 heavy (non-hydrogen) atoms. The molecule has 0 aliphatic carbocycles. The number of hydrogen-bond acceptors (Lipinski definition) is 4. The standard InChI is InChI=1S/C17H23FN2O4S/c1-11(2)15(19-16(21)12-4-6-13(18)7-5-12)17(22)20(3)14-8-9-25(23,24)10-14/h4-7,11,14-15H,8-10H2,1-3H3,(H,19,21). The van der Waals surface area contributed by atoms with Crippen molar-refractivity contribution in [2.75, 3.05) is 18.6 Å². The number of rotatable bonds is 5. The second-order valence-corrected chi connectivity index (χ2v) is 8.94. The molecule has 2 rings (SSSR count). The lowest BCUT2D eigenvalue weighted by molar-refractivity contribution is -0.134. The predicted octanol–water partition coefficient (Wildman–Crippen LogP) is 1.23. The highest BCUT2D eigenvalue weighted by Crippen LogP contribution is 2.19. The lowest BCUT2D eigenvalue weighted by Crippen LogP contribution is -2.53. The van der Waals surface area contributed by atoms with Crippen molar-refractivity contribution in [2.24, 2.45) is 5.92 Å². The Morgan fingerprint density at radius 2 is 1.84 bits per heavy atom. The number of likely N-dealkylation sites (N-methyl/N-ethyl adjacent to an activating group) is 1. The molecule has 1 aromatic carbocycles. The Labute approximate surface area is 147 Å². The highest BCUT2D eigenvalue weighted by atomic mass is 32.2. The quantitative estimate of drug-likeness (QED) is 0.845. The maximum atomic E-state index is 13.0. The first kappa shape index (κ1) is 19.4. The molecule has 1 saturated heterocycles. The summed E-state index contributed by atoms with van der Waals surface area (Å²) in [5.41, 5.74) is 0.256. The fourth-order valence-corrected chi connectivity index (χ4v) is 4.59. The van der Waals surface area contributed by atoms with E-state index in [1.54, 1.807) is 20.9 Å². The number of sulfone groups is 1. The summed E-state index contributed by atoms with van der Waals surface area (Å²) in [5.74, 6) is -1.41. The van der Waals surface area contributed by atoms with Crippen molar-refractivity contribution >= 4 is 21.7 Å². The van der Waals surface area contributed by atoms with Gasteiger partial charge in [0.1, 0.15) is 11.9 Å². The molecule has 2 atom stereocenters. The molecule has 1 aliphatic rings. The molecular weight excluding hydrogens is 347 g/mol. The number of benzene rings is 1. The minimum absolute atomic E-state index is 0.0496. The lowest BCUT2D eigenvalue weighted by atomic mass is 10.0. The van der Waals surface area contributed by atoms with Gasteiger partial charge in [0.15, 0.2) is 9.84 Å². The van der Waals surface area contributed by atoms with Crippen LogP contribution in [-0.4, -0.2) is 55.8 Å². The van der Waals surface area contributed by atoms with Crippen LogP contribution in [0.1, 0.15) is 30.6 Å². The normalized spacial score (nSPS) is 20.3. The van der Waals surface area contributed by atoms with Gasteiger partial charge >= 0.3 is 0 Å². The number of halogens is 1. The summed E-state index contributed by atoms with van der Waals surface area (Å²) in [6, 6.07) is 3.89. The monoisotopic (exact) mass is 370 g/mol. The van der Waals surface area contributed by atoms with Gasteiger partial charge in [0, 0.05) is 18.7 Å². The molecule has 2 unspecified atom stereocenters. The smallest absolute Gasteiger partial charge is 0.251 e. The van der Waals surface area contributed by atoms with Gasteiger partial charge in [0.2, 0.25) is 5.91 Å².